The molecule has 0 radical (unpaired) electrons. The lowest BCUT2D eigenvalue weighted by Gasteiger charge is -2.40. The molecule has 5 nitrogen and oxygen atoms in total. The summed E-state index contributed by atoms with van der Waals surface area (Å²) in [7, 11) is 2.88. The summed E-state index contributed by atoms with van der Waals surface area (Å²) in [4.78, 5) is 0. The quantitative estimate of drug-likeness (QED) is 0.677. The normalized spacial score (nSPS) is 43.9. The van der Waals surface area contributed by atoms with Crippen LogP contribution in [0, 0.1) is 0 Å². The van der Waals surface area contributed by atoms with Crippen molar-refractivity contribution in [2.24, 2.45) is 0 Å². The maximum absolute atomic E-state index is 9.68. The van der Waals surface area contributed by atoms with Gasteiger partial charge in [0.15, 0.2) is 6.29 Å². The minimum Gasteiger partial charge on any atom is -0.387 e. The molecule has 2 unspecified atom stereocenters. The number of aliphatic hydroxyl groups excluding tert-OH is 2. The van der Waals surface area contributed by atoms with E-state index in [1.54, 1.807) is 0 Å². The summed E-state index contributed by atoms with van der Waals surface area (Å²) >= 11 is 3.24. The van der Waals surface area contributed by atoms with E-state index in [0.717, 1.165) is 0 Å². The monoisotopic (exact) mass is 270 g/mol. The highest BCUT2D eigenvalue weighted by molar-refractivity contribution is 9.09. The molecule has 1 saturated heterocycles. The van der Waals surface area contributed by atoms with Gasteiger partial charge in [-0.15, -0.1) is 0 Å². The van der Waals surface area contributed by atoms with Gasteiger partial charge in [-0.05, 0) is 0 Å². The molecule has 0 aliphatic carbocycles. The Bertz CT molecular complexity index is 177. The fraction of sp³-hybridized carbons (Fsp3) is 1.00. The molecular weight excluding hydrogens is 256 g/mol. The molecule has 2 N–H and O–H groups in total. The lowest BCUT2D eigenvalue weighted by molar-refractivity contribution is -0.288. The van der Waals surface area contributed by atoms with Crippen LogP contribution in [0.15, 0.2) is 0 Å². The highest BCUT2D eigenvalue weighted by Gasteiger charge is 2.44. The summed E-state index contributed by atoms with van der Waals surface area (Å²) in [5, 5.41) is 19.8. The van der Waals surface area contributed by atoms with Gasteiger partial charge in [-0.25, -0.2) is 0 Å². The Morgan fingerprint density at radius 2 is 1.86 bits per heavy atom. The van der Waals surface area contributed by atoms with Gasteiger partial charge in [-0.1, -0.05) is 15.9 Å². The molecule has 6 heteroatoms. The molecule has 0 saturated carbocycles. The summed E-state index contributed by atoms with van der Waals surface area (Å²) in [6.45, 7) is 0. The van der Waals surface area contributed by atoms with Gasteiger partial charge in [0, 0.05) is 19.5 Å². The summed E-state index contributed by atoms with van der Waals surface area (Å²) < 4.78 is 15.3. The van der Waals surface area contributed by atoms with E-state index in [1.807, 2.05) is 0 Å². The summed E-state index contributed by atoms with van der Waals surface area (Å²) in [6, 6.07) is 0. The molecule has 1 aliphatic rings. The van der Waals surface area contributed by atoms with Crippen LogP contribution in [0.25, 0.3) is 0 Å². The Hall–Kier alpha value is 0.280. The number of aliphatic hydroxyl groups is 2. The summed E-state index contributed by atoms with van der Waals surface area (Å²) in [5.41, 5.74) is 0. The minimum absolute atomic E-state index is 0.330. The number of alkyl halides is 1. The third-order valence-corrected chi connectivity index (χ3v) is 2.94. The second-order valence-corrected chi connectivity index (χ2v) is 3.76. The van der Waals surface area contributed by atoms with Gasteiger partial charge in [0.05, 0.1) is 6.10 Å². The largest absolute Gasteiger partial charge is 0.387 e. The smallest absolute Gasteiger partial charge is 0.186 e. The first kappa shape index (κ1) is 12.4. The maximum atomic E-state index is 9.68. The molecular formula is C8H15BrO5. The predicted molar refractivity (Wildman–Crippen MR) is 52.3 cm³/mol. The first-order valence-electron chi connectivity index (χ1n) is 4.28. The van der Waals surface area contributed by atoms with Gasteiger partial charge in [-0.2, -0.15) is 0 Å². The van der Waals surface area contributed by atoms with Crippen molar-refractivity contribution in [3.05, 3.63) is 0 Å². The van der Waals surface area contributed by atoms with Crippen molar-refractivity contribution < 1.29 is 24.4 Å². The first-order chi connectivity index (χ1) is 6.65. The van der Waals surface area contributed by atoms with Crippen molar-refractivity contribution in [2.45, 2.75) is 30.7 Å². The number of ether oxygens (including phenoxy) is 3. The zero-order chi connectivity index (χ0) is 10.7. The Labute approximate surface area is 91.1 Å². The Morgan fingerprint density at radius 3 is 2.29 bits per heavy atom. The van der Waals surface area contributed by atoms with Crippen LogP contribution < -0.4 is 0 Å². The van der Waals surface area contributed by atoms with Crippen molar-refractivity contribution >= 4 is 15.9 Å². The van der Waals surface area contributed by atoms with Gasteiger partial charge >= 0.3 is 0 Å². The highest BCUT2D eigenvalue weighted by atomic mass is 79.9. The molecule has 14 heavy (non-hydrogen) atoms. The van der Waals surface area contributed by atoms with E-state index in [0.29, 0.717) is 5.33 Å². The van der Waals surface area contributed by atoms with Crippen LogP contribution in [0.5, 0.6) is 0 Å². The molecule has 0 bridgehead atoms. The minimum atomic E-state index is -1.08. The Morgan fingerprint density at radius 1 is 1.21 bits per heavy atom. The maximum Gasteiger partial charge on any atom is 0.186 e. The van der Waals surface area contributed by atoms with Crippen LogP contribution in [-0.4, -0.2) is 60.5 Å². The molecule has 0 aromatic heterocycles. The van der Waals surface area contributed by atoms with E-state index >= 15 is 0 Å². The number of rotatable bonds is 3. The number of hydrogen-bond donors (Lipinski definition) is 2. The van der Waals surface area contributed by atoms with Crippen molar-refractivity contribution in [3.8, 4) is 0 Å². The lowest BCUT2D eigenvalue weighted by atomic mass is 10.00. The standard InChI is InChI=1S/C8H15BrO5/c1-12-7-4(3-9)14-8(13-2)6(11)5(7)10/h4-8,10-11H,3H2,1-2H3/t4?,5-,6?,7-,8+/m1/s1. The molecule has 1 heterocycles. The van der Waals surface area contributed by atoms with Crippen LogP contribution in [0.1, 0.15) is 0 Å². The van der Waals surface area contributed by atoms with Crippen LogP contribution in [0.4, 0.5) is 0 Å². The van der Waals surface area contributed by atoms with Crippen LogP contribution in [0.2, 0.25) is 0 Å². The fourth-order valence-electron chi connectivity index (χ4n) is 1.52. The molecule has 84 valence electrons. The van der Waals surface area contributed by atoms with E-state index < -0.39 is 24.6 Å². The zero-order valence-corrected chi connectivity index (χ0v) is 9.68. The van der Waals surface area contributed by atoms with Crippen molar-refractivity contribution in [3.63, 3.8) is 0 Å². The number of hydrogen-bond acceptors (Lipinski definition) is 5. The number of methoxy groups -OCH3 is 2. The average molecular weight is 271 g/mol. The molecule has 1 fully saturated rings. The first-order valence-corrected chi connectivity index (χ1v) is 5.41. The fourth-order valence-corrected chi connectivity index (χ4v) is 2.04. The van der Waals surface area contributed by atoms with Gasteiger partial charge in [0.1, 0.15) is 18.3 Å². The Balaban J connectivity index is 2.71. The van der Waals surface area contributed by atoms with Gasteiger partial charge in [0.2, 0.25) is 0 Å². The summed E-state index contributed by atoms with van der Waals surface area (Å²) in [6.07, 6.45) is -3.76. The van der Waals surface area contributed by atoms with Crippen molar-refractivity contribution in [1.29, 1.82) is 0 Å². The SMILES string of the molecule is CO[C@H]1OC(CBr)[C@@H](OC)[C@H](O)C1O. The second-order valence-electron chi connectivity index (χ2n) is 3.11. The molecule has 0 spiro atoms. The lowest BCUT2D eigenvalue weighted by Crippen LogP contribution is -2.59. The van der Waals surface area contributed by atoms with Gasteiger partial charge in [0.25, 0.3) is 0 Å². The number of halogens is 1. The van der Waals surface area contributed by atoms with Gasteiger partial charge < -0.3 is 24.4 Å². The Kier molecular flexibility index (Phi) is 4.75. The molecule has 0 amide bonds. The molecule has 1 aliphatic heterocycles. The molecule has 1 rings (SSSR count). The van der Waals surface area contributed by atoms with Crippen LogP contribution >= 0.6 is 15.9 Å². The second kappa shape index (κ2) is 5.39. The predicted octanol–water partition coefficient (Wildman–Crippen LogP) is -0.511. The van der Waals surface area contributed by atoms with Gasteiger partial charge in [-0.3, -0.25) is 0 Å². The van der Waals surface area contributed by atoms with Crippen molar-refractivity contribution in [2.75, 3.05) is 19.5 Å². The van der Waals surface area contributed by atoms with E-state index in [1.165, 1.54) is 14.2 Å². The van der Waals surface area contributed by atoms with E-state index in [2.05, 4.69) is 15.9 Å². The third-order valence-electron chi connectivity index (χ3n) is 2.30. The highest BCUT2D eigenvalue weighted by Crippen LogP contribution is 2.24. The van der Waals surface area contributed by atoms with E-state index in [4.69, 9.17) is 14.2 Å². The third kappa shape index (κ3) is 2.26. The molecule has 0 aromatic rings. The van der Waals surface area contributed by atoms with Crippen LogP contribution in [-0.2, 0) is 14.2 Å². The summed E-state index contributed by atoms with van der Waals surface area (Å²) in [5.74, 6) is 0. The van der Waals surface area contributed by atoms with E-state index in [-0.39, 0.29) is 6.10 Å². The molecule has 5 atom stereocenters. The van der Waals surface area contributed by atoms with E-state index in [9.17, 15) is 10.2 Å². The topological polar surface area (TPSA) is 68.2 Å². The average Bonchev–Trinajstić information content (AvgIpc) is 2.21. The zero-order valence-electron chi connectivity index (χ0n) is 8.09. The molecule has 0 aromatic carbocycles. The van der Waals surface area contributed by atoms with Crippen molar-refractivity contribution in [1.82, 2.24) is 0 Å². The van der Waals surface area contributed by atoms with Crippen LogP contribution in [0.3, 0.4) is 0 Å².